The van der Waals surface area contributed by atoms with Crippen molar-refractivity contribution >= 4 is 24.3 Å². The SMILES string of the molecule is COC(=O)c1ccc(CCNC(=O)CNCC2CC2)cc1.Cl. The quantitative estimate of drug-likeness (QED) is 0.711. The van der Waals surface area contributed by atoms with Crippen molar-refractivity contribution in [3.05, 3.63) is 35.4 Å². The highest BCUT2D eigenvalue weighted by Gasteiger charge is 2.20. The first-order valence-corrected chi connectivity index (χ1v) is 7.33. The number of benzene rings is 1. The first-order valence-electron chi connectivity index (χ1n) is 7.33. The lowest BCUT2D eigenvalue weighted by Gasteiger charge is -2.07. The standard InChI is InChI=1S/C16H22N2O3.ClH/c1-21-16(20)14-6-4-12(5-7-14)8-9-18-15(19)11-17-10-13-2-3-13;/h4-7,13,17H,2-3,8-11H2,1H3,(H,18,19);1H. The molecular weight excluding hydrogens is 304 g/mol. The highest BCUT2D eigenvalue weighted by Crippen LogP contribution is 2.27. The fourth-order valence-electron chi connectivity index (χ4n) is 2.05. The molecule has 0 saturated heterocycles. The van der Waals surface area contributed by atoms with Crippen molar-refractivity contribution in [2.24, 2.45) is 5.92 Å². The number of ether oxygens (including phenoxy) is 1. The van der Waals surface area contributed by atoms with Crippen molar-refractivity contribution in [1.82, 2.24) is 10.6 Å². The molecule has 1 aliphatic rings. The van der Waals surface area contributed by atoms with Crippen LogP contribution in [0.3, 0.4) is 0 Å². The van der Waals surface area contributed by atoms with Gasteiger partial charge in [-0.2, -0.15) is 0 Å². The molecule has 0 radical (unpaired) electrons. The van der Waals surface area contributed by atoms with Crippen LogP contribution in [0.2, 0.25) is 0 Å². The molecule has 5 nitrogen and oxygen atoms in total. The Kier molecular flexibility index (Phi) is 7.91. The zero-order valence-electron chi connectivity index (χ0n) is 12.8. The molecule has 6 heteroatoms. The van der Waals surface area contributed by atoms with Gasteiger partial charge in [0.1, 0.15) is 0 Å². The van der Waals surface area contributed by atoms with Gasteiger partial charge in [-0.05, 0) is 49.4 Å². The zero-order valence-corrected chi connectivity index (χ0v) is 13.6. The molecule has 1 aliphatic carbocycles. The van der Waals surface area contributed by atoms with Crippen molar-refractivity contribution < 1.29 is 14.3 Å². The number of halogens is 1. The zero-order chi connectivity index (χ0) is 15.1. The Morgan fingerprint density at radius 3 is 2.50 bits per heavy atom. The second-order valence-electron chi connectivity index (χ2n) is 5.36. The Labute approximate surface area is 137 Å². The van der Waals surface area contributed by atoms with Gasteiger partial charge in [0.05, 0.1) is 19.2 Å². The summed E-state index contributed by atoms with van der Waals surface area (Å²) in [6.07, 6.45) is 3.32. The van der Waals surface area contributed by atoms with E-state index < -0.39 is 0 Å². The molecular formula is C16H23ClN2O3. The lowest BCUT2D eigenvalue weighted by molar-refractivity contribution is -0.120. The van der Waals surface area contributed by atoms with Gasteiger partial charge in [0.25, 0.3) is 0 Å². The molecule has 1 amide bonds. The summed E-state index contributed by atoms with van der Waals surface area (Å²) < 4.78 is 4.64. The fourth-order valence-corrected chi connectivity index (χ4v) is 2.05. The molecule has 0 bridgehead atoms. The van der Waals surface area contributed by atoms with E-state index >= 15 is 0 Å². The summed E-state index contributed by atoms with van der Waals surface area (Å²) in [6, 6.07) is 7.23. The number of hydrogen-bond acceptors (Lipinski definition) is 4. The largest absolute Gasteiger partial charge is 0.465 e. The van der Waals surface area contributed by atoms with Gasteiger partial charge in [0.2, 0.25) is 5.91 Å². The summed E-state index contributed by atoms with van der Waals surface area (Å²) in [5, 5.41) is 6.04. The van der Waals surface area contributed by atoms with E-state index in [0.717, 1.165) is 24.4 Å². The van der Waals surface area contributed by atoms with Gasteiger partial charge in [-0.3, -0.25) is 4.79 Å². The number of rotatable bonds is 8. The lowest BCUT2D eigenvalue weighted by Crippen LogP contribution is -2.35. The Hall–Kier alpha value is -1.59. The van der Waals surface area contributed by atoms with Crippen LogP contribution in [0.4, 0.5) is 0 Å². The predicted molar refractivity (Wildman–Crippen MR) is 87.3 cm³/mol. The van der Waals surface area contributed by atoms with Crippen molar-refractivity contribution in [3.63, 3.8) is 0 Å². The maximum atomic E-state index is 11.6. The van der Waals surface area contributed by atoms with Crippen LogP contribution in [0, 0.1) is 5.92 Å². The summed E-state index contributed by atoms with van der Waals surface area (Å²) in [7, 11) is 1.36. The van der Waals surface area contributed by atoms with E-state index in [1.807, 2.05) is 12.1 Å². The molecule has 1 saturated carbocycles. The molecule has 22 heavy (non-hydrogen) atoms. The molecule has 0 spiro atoms. The van der Waals surface area contributed by atoms with E-state index in [1.165, 1.54) is 20.0 Å². The van der Waals surface area contributed by atoms with E-state index in [4.69, 9.17) is 0 Å². The molecule has 1 aromatic rings. The maximum absolute atomic E-state index is 11.6. The van der Waals surface area contributed by atoms with Gasteiger partial charge in [0, 0.05) is 6.54 Å². The van der Waals surface area contributed by atoms with Gasteiger partial charge in [0.15, 0.2) is 0 Å². The maximum Gasteiger partial charge on any atom is 0.337 e. The molecule has 0 unspecified atom stereocenters. The fraction of sp³-hybridized carbons (Fsp3) is 0.500. The lowest BCUT2D eigenvalue weighted by atomic mass is 10.1. The van der Waals surface area contributed by atoms with Crippen molar-refractivity contribution in [1.29, 1.82) is 0 Å². The van der Waals surface area contributed by atoms with E-state index in [-0.39, 0.29) is 24.3 Å². The number of hydrogen-bond donors (Lipinski definition) is 2. The average molecular weight is 327 g/mol. The number of carbonyl (C=O) groups excluding carboxylic acids is 2. The predicted octanol–water partition coefficient (Wildman–Crippen LogP) is 1.55. The minimum Gasteiger partial charge on any atom is -0.465 e. The van der Waals surface area contributed by atoms with E-state index in [1.54, 1.807) is 12.1 Å². The third-order valence-electron chi connectivity index (χ3n) is 3.53. The summed E-state index contributed by atoms with van der Waals surface area (Å²) >= 11 is 0. The van der Waals surface area contributed by atoms with Crippen LogP contribution in [0.25, 0.3) is 0 Å². The van der Waals surface area contributed by atoms with Crippen LogP contribution >= 0.6 is 12.4 Å². The van der Waals surface area contributed by atoms with Crippen molar-refractivity contribution in [2.45, 2.75) is 19.3 Å². The molecule has 2 rings (SSSR count). The van der Waals surface area contributed by atoms with E-state index in [2.05, 4.69) is 15.4 Å². The molecule has 2 N–H and O–H groups in total. The molecule has 1 aromatic carbocycles. The van der Waals surface area contributed by atoms with Crippen LogP contribution in [0.15, 0.2) is 24.3 Å². The molecule has 0 atom stereocenters. The second kappa shape index (κ2) is 9.43. The second-order valence-corrected chi connectivity index (χ2v) is 5.36. The summed E-state index contributed by atoms with van der Waals surface area (Å²) in [4.78, 5) is 22.9. The highest BCUT2D eigenvalue weighted by molar-refractivity contribution is 5.89. The van der Waals surface area contributed by atoms with E-state index in [9.17, 15) is 9.59 Å². The minimum atomic E-state index is -0.336. The Balaban J connectivity index is 0.00000242. The van der Waals surface area contributed by atoms with Crippen LogP contribution in [-0.4, -0.2) is 38.6 Å². The Morgan fingerprint density at radius 2 is 1.91 bits per heavy atom. The highest BCUT2D eigenvalue weighted by atomic mass is 35.5. The summed E-state index contributed by atoms with van der Waals surface area (Å²) in [5.41, 5.74) is 1.61. The van der Waals surface area contributed by atoms with Crippen LogP contribution in [0.5, 0.6) is 0 Å². The normalized spacial score (nSPS) is 13.1. The molecule has 0 aromatic heterocycles. The van der Waals surface area contributed by atoms with Crippen molar-refractivity contribution in [3.8, 4) is 0 Å². The number of amides is 1. The molecule has 0 aliphatic heterocycles. The molecule has 1 fully saturated rings. The first kappa shape index (κ1) is 18.5. The van der Waals surface area contributed by atoms with Gasteiger partial charge < -0.3 is 15.4 Å². The van der Waals surface area contributed by atoms with Crippen molar-refractivity contribution in [2.75, 3.05) is 26.7 Å². The third-order valence-corrected chi connectivity index (χ3v) is 3.53. The number of nitrogens with one attached hydrogen (secondary N) is 2. The first-order chi connectivity index (χ1) is 10.2. The van der Waals surface area contributed by atoms with Gasteiger partial charge in [-0.25, -0.2) is 4.79 Å². The van der Waals surface area contributed by atoms with Crippen LogP contribution < -0.4 is 10.6 Å². The number of methoxy groups -OCH3 is 1. The smallest absolute Gasteiger partial charge is 0.337 e. The molecule has 0 heterocycles. The van der Waals surface area contributed by atoms with Gasteiger partial charge in [-0.15, -0.1) is 12.4 Å². The van der Waals surface area contributed by atoms with Gasteiger partial charge >= 0.3 is 5.97 Å². The van der Waals surface area contributed by atoms with Crippen LogP contribution in [-0.2, 0) is 16.0 Å². The average Bonchev–Trinajstić information content (AvgIpc) is 3.31. The Morgan fingerprint density at radius 1 is 1.23 bits per heavy atom. The summed E-state index contributed by atoms with van der Waals surface area (Å²) in [6.45, 7) is 1.93. The molecule has 122 valence electrons. The minimum absolute atomic E-state index is 0. The third kappa shape index (κ3) is 6.45. The number of esters is 1. The number of carbonyl (C=O) groups is 2. The van der Waals surface area contributed by atoms with E-state index in [0.29, 0.717) is 18.7 Å². The van der Waals surface area contributed by atoms with Crippen LogP contribution in [0.1, 0.15) is 28.8 Å². The van der Waals surface area contributed by atoms with Gasteiger partial charge in [-0.1, -0.05) is 12.1 Å². The Bertz CT molecular complexity index is 487. The summed E-state index contributed by atoms with van der Waals surface area (Å²) in [5.74, 6) is 0.476. The topological polar surface area (TPSA) is 67.4 Å². The monoisotopic (exact) mass is 326 g/mol.